The zero-order valence-electron chi connectivity index (χ0n) is 18.9. The molecule has 7 nitrogen and oxygen atoms in total. The summed E-state index contributed by atoms with van der Waals surface area (Å²) in [5.41, 5.74) is 4.50. The zero-order chi connectivity index (χ0) is 24.1. The van der Waals surface area contributed by atoms with Crippen molar-refractivity contribution in [1.82, 2.24) is 10.3 Å². The quantitative estimate of drug-likeness (QED) is 0.384. The standard InChI is InChI=1S/C26H25N3O4S/c1-18-6-10-20(11-7-18)26-28-23(17-33-26)14-15-27-25(30)21-4-3-5-24(16-21)34(31,32)29-22-12-8-19(2)9-13-22/h3-13,16-17,29H,14-15H2,1-2H3,(H,27,30). The summed E-state index contributed by atoms with van der Waals surface area (Å²) in [6.45, 7) is 4.27. The molecule has 0 bridgehead atoms. The van der Waals surface area contributed by atoms with E-state index >= 15 is 0 Å². The predicted octanol–water partition coefficient (Wildman–Crippen LogP) is 4.73. The molecule has 0 saturated heterocycles. The number of hydrogen-bond acceptors (Lipinski definition) is 5. The van der Waals surface area contributed by atoms with Crippen molar-refractivity contribution in [2.75, 3.05) is 11.3 Å². The number of rotatable bonds is 8. The van der Waals surface area contributed by atoms with Crippen LogP contribution in [0.1, 0.15) is 27.2 Å². The van der Waals surface area contributed by atoms with Crippen molar-refractivity contribution in [2.45, 2.75) is 25.2 Å². The van der Waals surface area contributed by atoms with Crippen molar-refractivity contribution in [3.8, 4) is 11.5 Å². The van der Waals surface area contributed by atoms with E-state index in [0.29, 0.717) is 24.5 Å². The number of nitrogens with one attached hydrogen (secondary N) is 2. The van der Waals surface area contributed by atoms with E-state index in [9.17, 15) is 13.2 Å². The first-order valence-corrected chi connectivity index (χ1v) is 12.3. The van der Waals surface area contributed by atoms with Gasteiger partial charge in [0.25, 0.3) is 15.9 Å². The van der Waals surface area contributed by atoms with Gasteiger partial charge < -0.3 is 9.73 Å². The van der Waals surface area contributed by atoms with Crippen LogP contribution in [0, 0.1) is 13.8 Å². The van der Waals surface area contributed by atoms with Crippen molar-refractivity contribution in [1.29, 1.82) is 0 Å². The molecule has 0 radical (unpaired) electrons. The van der Waals surface area contributed by atoms with Gasteiger partial charge in [0.1, 0.15) is 6.26 Å². The van der Waals surface area contributed by atoms with Crippen LogP contribution >= 0.6 is 0 Å². The highest BCUT2D eigenvalue weighted by molar-refractivity contribution is 7.92. The third-order valence-corrected chi connectivity index (χ3v) is 6.61. The monoisotopic (exact) mass is 475 g/mol. The number of nitrogens with zero attached hydrogens (tertiary/aromatic N) is 1. The highest BCUT2D eigenvalue weighted by Crippen LogP contribution is 2.20. The minimum atomic E-state index is -3.82. The Morgan fingerprint density at radius 2 is 1.62 bits per heavy atom. The second-order valence-electron chi connectivity index (χ2n) is 8.02. The summed E-state index contributed by atoms with van der Waals surface area (Å²) in [6.07, 6.45) is 2.05. The van der Waals surface area contributed by atoms with Gasteiger partial charge in [0, 0.05) is 29.8 Å². The third-order valence-electron chi connectivity index (χ3n) is 5.23. The fourth-order valence-corrected chi connectivity index (χ4v) is 4.40. The Bertz CT molecular complexity index is 1390. The molecule has 0 aliphatic carbocycles. The number of aromatic nitrogens is 1. The average molecular weight is 476 g/mol. The predicted molar refractivity (Wildman–Crippen MR) is 131 cm³/mol. The van der Waals surface area contributed by atoms with Crippen LogP contribution in [0.4, 0.5) is 5.69 Å². The van der Waals surface area contributed by atoms with Crippen LogP contribution in [0.15, 0.2) is 88.4 Å². The molecule has 4 aromatic rings. The maximum Gasteiger partial charge on any atom is 0.261 e. The third kappa shape index (κ3) is 5.71. The first-order valence-electron chi connectivity index (χ1n) is 10.8. The molecule has 0 spiro atoms. The number of amides is 1. The Labute approximate surface area is 198 Å². The number of sulfonamides is 1. The van der Waals surface area contributed by atoms with E-state index in [-0.39, 0.29) is 16.4 Å². The summed E-state index contributed by atoms with van der Waals surface area (Å²) in [5.74, 6) is 0.162. The Hall–Kier alpha value is -3.91. The van der Waals surface area contributed by atoms with Crippen LogP contribution in [-0.2, 0) is 16.4 Å². The Balaban J connectivity index is 1.36. The smallest absolute Gasteiger partial charge is 0.261 e. The largest absolute Gasteiger partial charge is 0.444 e. The van der Waals surface area contributed by atoms with Crippen LogP contribution in [-0.4, -0.2) is 25.9 Å². The first-order chi connectivity index (χ1) is 16.3. The van der Waals surface area contributed by atoms with Gasteiger partial charge in [-0.2, -0.15) is 0 Å². The number of carbonyl (C=O) groups excluding carboxylic acids is 1. The van der Waals surface area contributed by atoms with Crippen LogP contribution < -0.4 is 10.0 Å². The number of aryl methyl sites for hydroxylation is 2. The lowest BCUT2D eigenvalue weighted by Crippen LogP contribution is -2.26. The van der Waals surface area contributed by atoms with Crippen molar-refractivity contribution >= 4 is 21.6 Å². The summed E-state index contributed by atoms with van der Waals surface area (Å²) in [7, 11) is -3.82. The van der Waals surface area contributed by atoms with Gasteiger partial charge in [-0.05, 0) is 56.3 Å². The highest BCUT2D eigenvalue weighted by Gasteiger charge is 2.17. The van der Waals surface area contributed by atoms with E-state index in [0.717, 1.165) is 22.4 Å². The Morgan fingerprint density at radius 3 is 2.32 bits per heavy atom. The number of benzene rings is 3. The summed E-state index contributed by atoms with van der Waals surface area (Å²) in [4.78, 5) is 17.1. The van der Waals surface area contributed by atoms with E-state index < -0.39 is 10.0 Å². The summed E-state index contributed by atoms with van der Waals surface area (Å²) >= 11 is 0. The van der Waals surface area contributed by atoms with Gasteiger partial charge in [-0.3, -0.25) is 9.52 Å². The fourth-order valence-electron chi connectivity index (χ4n) is 3.30. The Morgan fingerprint density at radius 1 is 0.941 bits per heavy atom. The number of carbonyl (C=O) groups is 1. The molecule has 174 valence electrons. The number of hydrogen-bond donors (Lipinski definition) is 2. The molecular weight excluding hydrogens is 450 g/mol. The summed E-state index contributed by atoms with van der Waals surface area (Å²) in [5, 5.41) is 2.80. The summed E-state index contributed by atoms with van der Waals surface area (Å²) in [6, 6.07) is 20.8. The highest BCUT2D eigenvalue weighted by atomic mass is 32.2. The fraction of sp³-hybridized carbons (Fsp3) is 0.154. The zero-order valence-corrected chi connectivity index (χ0v) is 19.7. The lowest BCUT2D eigenvalue weighted by Gasteiger charge is -2.10. The second kappa shape index (κ2) is 9.93. The summed E-state index contributed by atoms with van der Waals surface area (Å²) < 4.78 is 33.6. The molecule has 0 aliphatic rings. The van der Waals surface area contributed by atoms with Gasteiger partial charge in [-0.1, -0.05) is 41.5 Å². The molecule has 0 unspecified atom stereocenters. The van der Waals surface area contributed by atoms with Gasteiger partial charge in [0.15, 0.2) is 0 Å². The van der Waals surface area contributed by atoms with Gasteiger partial charge >= 0.3 is 0 Å². The molecular formula is C26H25N3O4S. The minimum absolute atomic E-state index is 0.0139. The first kappa shape index (κ1) is 23.3. The molecule has 3 aromatic carbocycles. The molecule has 0 saturated carbocycles. The minimum Gasteiger partial charge on any atom is -0.444 e. The molecule has 8 heteroatoms. The lowest BCUT2D eigenvalue weighted by molar-refractivity contribution is 0.0954. The Kier molecular flexibility index (Phi) is 6.79. The van der Waals surface area contributed by atoms with E-state index in [1.165, 1.54) is 12.1 Å². The van der Waals surface area contributed by atoms with E-state index in [1.807, 2.05) is 50.2 Å². The van der Waals surface area contributed by atoms with Crippen molar-refractivity contribution in [2.24, 2.45) is 0 Å². The average Bonchev–Trinajstić information content (AvgIpc) is 3.30. The number of oxazole rings is 1. The lowest BCUT2D eigenvalue weighted by atomic mass is 10.1. The van der Waals surface area contributed by atoms with E-state index in [1.54, 1.807) is 30.5 Å². The maximum absolute atomic E-state index is 12.7. The molecule has 1 heterocycles. The van der Waals surface area contributed by atoms with Crippen molar-refractivity contribution in [3.63, 3.8) is 0 Å². The van der Waals surface area contributed by atoms with Gasteiger partial charge in [0.2, 0.25) is 5.89 Å². The van der Waals surface area contributed by atoms with Crippen LogP contribution in [0.2, 0.25) is 0 Å². The van der Waals surface area contributed by atoms with Gasteiger partial charge in [-0.15, -0.1) is 0 Å². The van der Waals surface area contributed by atoms with Crippen molar-refractivity contribution < 1.29 is 17.6 Å². The normalized spacial score (nSPS) is 11.2. The van der Waals surface area contributed by atoms with Crippen LogP contribution in [0.25, 0.3) is 11.5 Å². The molecule has 0 atom stereocenters. The van der Waals surface area contributed by atoms with Crippen LogP contribution in [0.5, 0.6) is 0 Å². The molecule has 0 fully saturated rings. The molecule has 34 heavy (non-hydrogen) atoms. The topological polar surface area (TPSA) is 101 Å². The molecule has 2 N–H and O–H groups in total. The molecule has 1 aromatic heterocycles. The molecule has 0 aliphatic heterocycles. The van der Waals surface area contributed by atoms with E-state index in [4.69, 9.17) is 4.42 Å². The number of anilines is 1. The van der Waals surface area contributed by atoms with Gasteiger partial charge in [0.05, 0.1) is 10.6 Å². The van der Waals surface area contributed by atoms with Crippen LogP contribution in [0.3, 0.4) is 0 Å². The van der Waals surface area contributed by atoms with Gasteiger partial charge in [-0.25, -0.2) is 13.4 Å². The second-order valence-corrected chi connectivity index (χ2v) is 9.70. The molecule has 1 amide bonds. The molecule has 4 rings (SSSR count). The van der Waals surface area contributed by atoms with Crippen molar-refractivity contribution in [3.05, 3.63) is 101 Å². The van der Waals surface area contributed by atoms with E-state index in [2.05, 4.69) is 15.0 Å². The maximum atomic E-state index is 12.7. The SMILES string of the molecule is Cc1ccc(NS(=O)(=O)c2cccc(C(=O)NCCc3coc(-c4ccc(C)cc4)n3)c2)cc1.